The minimum atomic E-state index is 0.0178. The molecule has 28 heavy (non-hydrogen) atoms. The molecule has 2 heteroatoms. The number of hydrogen-bond acceptors (Lipinski definition) is 2. The first-order chi connectivity index (χ1) is 13.8. The van der Waals surface area contributed by atoms with E-state index in [0.717, 1.165) is 17.8 Å². The predicted molar refractivity (Wildman–Crippen MR) is 115 cm³/mol. The molecule has 0 bridgehead atoms. The van der Waals surface area contributed by atoms with Crippen molar-refractivity contribution in [2.45, 2.75) is 6.42 Å². The second-order valence-electron chi connectivity index (χ2n) is 6.69. The van der Waals surface area contributed by atoms with Crippen LogP contribution in [0.1, 0.15) is 27.0 Å². The molecule has 0 amide bonds. The fourth-order valence-electron chi connectivity index (χ4n) is 3.29. The van der Waals surface area contributed by atoms with Gasteiger partial charge in [0.1, 0.15) is 0 Å². The van der Waals surface area contributed by atoms with Crippen molar-refractivity contribution in [1.82, 2.24) is 0 Å². The van der Waals surface area contributed by atoms with E-state index in [4.69, 9.17) is 0 Å². The van der Waals surface area contributed by atoms with E-state index in [0.29, 0.717) is 11.1 Å². The Balaban J connectivity index is 1.65. The molecule has 1 N–H and O–H groups in total. The van der Waals surface area contributed by atoms with Gasteiger partial charge in [0.2, 0.25) is 0 Å². The Hall–Kier alpha value is -3.65. The number of ketones is 1. The van der Waals surface area contributed by atoms with E-state index < -0.39 is 0 Å². The van der Waals surface area contributed by atoms with Gasteiger partial charge < -0.3 is 5.32 Å². The molecule has 4 aromatic carbocycles. The number of rotatable bonds is 6. The molecule has 0 atom stereocenters. The Kier molecular flexibility index (Phi) is 5.30. The topological polar surface area (TPSA) is 29.1 Å². The van der Waals surface area contributed by atoms with Crippen molar-refractivity contribution in [1.29, 1.82) is 0 Å². The van der Waals surface area contributed by atoms with Crippen molar-refractivity contribution in [2.75, 3.05) is 5.32 Å². The second kappa shape index (κ2) is 8.36. The molecule has 0 heterocycles. The highest BCUT2D eigenvalue weighted by Crippen LogP contribution is 2.27. The Morgan fingerprint density at radius 3 is 1.93 bits per heavy atom. The van der Waals surface area contributed by atoms with Crippen LogP contribution in [0.5, 0.6) is 0 Å². The summed E-state index contributed by atoms with van der Waals surface area (Å²) in [6.45, 7) is 0. The summed E-state index contributed by atoms with van der Waals surface area (Å²) in [7, 11) is 0. The summed E-state index contributed by atoms with van der Waals surface area (Å²) in [6.07, 6.45) is 0.832. The number of carbonyl (C=O) groups is 1. The number of nitrogens with one attached hydrogen (secondary N) is 1. The molecule has 0 fully saturated rings. The van der Waals surface area contributed by atoms with Crippen LogP contribution in [0.25, 0.3) is 0 Å². The van der Waals surface area contributed by atoms with Crippen LogP contribution in [-0.4, -0.2) is 5.78 Å². The standard InChI is InChI=1S/C26H21NO/c28-26(21-13-5-2-6-14-21)23-16-8-10-18-25(23)27-24-17-9-7-15-22(24)19-20-11-3-1-4-12-20/h1-18,27H,19H2. The summed E-state index contributed by atoms with van der Waals surface area (Å²) >= 11 is 0. The maximum Gasteiger partial charge on any atom is 0.195 e. The SMILES string of the molecule is O=C(c1ccccc1)c1ccccc1Nc1ccccc1Cc1ccccc1. The lowest BCUT2D eigenvalue weighted by Crippen LogP contribution is -2.06. The highest BCUT2D eigenvalue weighted by Gasteiger charge is 2.14. The van der Waals surface area contributed by atoms with E-state index in [1.165, 1.54) is 11.1 Å². The third-order valence-corrected chi connectivity index (χ3v) is 4.73. The van der Waals surface area contributed by atoms with Gasteiger partial charge in [0.15, 0.2) is 5.78 Å². The molecule has 0 radical (unpaired) electrons. The molecule has 0 saturated carbocycles. The highest BCUT2D eigenvalue weighted by atomic mass is 16.1. The number of benzene rings is 4. The van der Waals surface area contributed by atoms with Gasteiger partial charge in [-0.05, 0) is 35.7 Å². The zero-order valence-corrected chi connectivity index (χ0v) is 15.5. The maximum atomic E-state index is 13.0. The van der Waals surface area contributed by atoms with Crippen molar-refractivity contribution in [3.05, 3.63) is 131 Å². The minimum Gasteiger partial charge on any atom is -0.355 e. The Morgan fingerprint density at radius 2 is 1.18 bits per heavy atom. The van der Waals surface area contributed by atoms with Crippen LogP contribution in [0.2, 0.25) is 0 Å². The van der Waals surface area contributed by atoms with Crippen molar-refractivity contribution in [2.24, 2.45) is 0 Å². The van der Waals surface area contributed by atoms with Gasteiger partial charge in [-0.1, -0.05) is 91.0 Å². The van der Waals surface area contributed by atoms with Crippen LogP contribution in [0.15, 0.2) is 109 Å². The van der Waals surface area contributed by atoms with Gasteiger partial charge in [0, 0.05) is 22.5 Å². The van der Waals surface area contributed by atoms with E-state index in [-0.39, 0.29) is 5.78 Å². The van der Waals surface area contributed by atoms with Crippen LogP contribution in [0, 0.1) is 0 Å². The lowest BCUT2D eigenvalue weighted by atomic mass is 10.00. The molecule has 2 nitrogen and oxygen atoms in total. The number of hydrogen-bond donors (Lipinski definition) is 1. The number of para-hydroxylation sites is 2. The second-order valence-corrected chi connectivity index (χ2v) is 6.69. The lowest BCUT2D eigenvalue weighted by molar-refractivity contribution is 0.103. The largest absolute Gasteiger partial charge is 0.355 e. The molecule has 4 aromatic rings. The number of carbonyl (C=O) groups excluding carboxylic acids is 1. The summed E-state index contributed by atoms with van der Waals surface area (Å²) in [5.74, 6) is 0.0178. The molecule has 136 valence electrons. The summed E-state index contributed by atoms with van der Waals surface area (Å²) in [5, 5.41) is 3.49. The van der Waals surface area contributed by atoms with Crippen LogP contribution < -0.4 is 5.32 Å². The molecule has 0 aliphatic heterocycles. The first kappa shape index (κ1) is 17.7. The van der Waals surface area contributed by atoms with E-state index in [1.54, 1.807) is 0 Å². The first-order valence-electron chi connectivity index (χ1n) is 9.39. The van der Waals surface area contributed by atoms with Gasteiger partial charge in [-0.15, -0.1) is 0 Å². The summed E-state index contributed by atoms with van der Waals surface area (Å²) in [4.78, 5) is 13.0. The summed E-state index contributed by atoms with van der Waals surface area (Å²) < 4.78 is 0. The smallest absolute Gasteiger partial charge is 0.195 e. The Bertz CT molecular complexity index is 1070. The van der Waals surface area contributed by atoms with Gasteiger partial charge in [0.05, 0.1) is 0 Å². The molecule has 0 unspecified atom stereocenters. The molecular formula is C26H21NO. The van der Waals surface area contributed by atoms with Crippen molar-refractivity contribution in [3.63, 3.8) is 0 Å². The fraction of sp³-hybridized carbons (Fsp3) is 0.0385. The zero-order chi connectivity index (χ0) is 19.2. The van der Waals surface area contributed by atoms with Gasteiger partial charge in [0.25, 0.3) is 0 Å². The van der Waals surface area contributed by atoms with Crippen molar-refractivity contribution < 1.29 is 4.79 Å². The third kappa shape index (κ3) is 4.02. The minimum absolute atomic E-state index is 0.0178. The third-order valence-electron chi connectivity index (χ3n) is 4.73. The molecule has 0 saturated heterocycles. The summed E-state index contributed by atoms with van der Waals surface area (Å²) in [6, 6.07) is 35.7. The van der Waals surface area contributed by atoms with Gasteiger partial charge in [-0.3, -0.25) is 4.79 Å². The van der Waals surface area contributed by atoms with Crippen molar-refractivity contribution >= 4 is 17.2 Å². The average molecular weight is 363 g/mol. The summed E-state index contributed by atoms with van der Waals surface area (Å²) in [5.41, 5.74) is 5.63. The molecule has 0 aliphatic carbocycles. The maximum absolute atomic E-state index is 13.0. The predicted octanol–water partition coefficient (Wildman–Crippen LogP) is 6.25. The van der Waals surface area contributed by atoms with E-state index in [2.05, 4.69) is 41.7 Å². The Labute approximate surface area is 165 Å². The quantitative estimate of drug-likeness (QED) is 0.410. The molecule has 0 aliphatic rings. The highest BCUT2D eigenvalue weighted by molar-refractivity contribution is 6.12. The number of anilines is 2. The van der Waals surface area contributed by atoms with E-state index >= 15 is 0 Å². The van der Waals surface area contributed by atoms with E-state index in [1.807, 2.05) is 72.8 Å². The van der Waals surface area contributed by atoms with E-state index in [9.17, 15) is 4.79 Å². The molecule has 4 rings (SSSR count). The van der Waals surface area contributed by atoms with Crippen LogP contribution in [0.4, 0.5) is 11.4 Å². The monoisotopic (exact) mass is 363 g/mol. The average Bonchev–Trinajstić information content (AvgIpc) is 2.76. The van der Waals surface area contributed by atoms with Crippen LogP contribution in [-0.2, 0) is 6.42 Å². The van der Waals surface area contributed by atoms with Gasteiger partial charge in [-0.25, -0.2) is 0 Å². The van der Waals surface area contributed by atoms with Gasteiger partial charge in [-0.2, -0.15) is 0 Å². The van der Waals surface area contributed by atoms with Crippen LogP contribution in [0.3, 0.4) is 0 Å². The van der Waals surface area contributed by atoms with Crippen LogP contribution >= 0.6 is 0 Å². The fourth-order valence-corrected chi connectivity index (χ4v) is 3.29. The normalized spacial score (nSPS) is 10.4. The first-order valence-corrected chi connectivity index (χ1v) is 9.39. The zero-order valence-electron chi connectivity index (χ0n) is 15.5. The molecule has 0 spiro atoms. The Morgan fingerprint density at radius 1 is 0.607 bits per heavy atom. The lowest BCUT2D eigenvalue weighted by Gasteiger charge is -2.15. The van der Waals surface area contributed by atoms with Gasteiger partial charge >= 0.3 is 0 Å². The molecular weight excluding hydrogens is 342 g/mol. The van der Waals surface area contributed by atoms with Crippen molar-refractivity contribution in [3.8, 4) is 0 Å². The molecule has 0 aromatic heterocycles.